The van der Waals surface area contributed by atoms with Crippen LogP contribution in [0.5, 0.6) is 23.0 Å². The van der Waals surface area contributed by atoms with Crippen LogP contribution in [0.3, 0.4) is 0 Å². The van der Waals surface area contributed by atoms with E-state index in [1.807, 2.05) is 23.1 Å². The first kappa shape index (κ1) is 28.3. The average molecular weight is 596 g/mol. The monoisotopic (exact) mass is 595 g/mol. The predicted molar refractivity (Wildman–Crippen MR) is 167 cm³/mol. The SMILES string of the molecule is COc1cc(OC)cc(C(=O)N(Cc2ccc3c(c2)OCO3)Cc2cc3cc4c(cc3nc2N2CCC(O)CC2)CCC4)c1. The minimum absolute atomic E-state index is 0.158. The van der Waals surface area contributed by atoms with Gasteiger partial charge in [-0.1, -0.05) is 6.07 Å². The van der Waals surface area contributed by atoms with Crippen LogP contribution in [0.15, 0.2) is 54.6 Å². The molecule has 228 valence electrons. The highest BCUT2D eigenvalue weighted by Gasteiger charge is 2.26. The van der Waals surface area contributed by atoms with E-state index >= 15 is 0 Å². The Labute approximate surface area is 256 Å². The number of anilines is 1. The molecule has 7 rings (SSSR count). The average Bonchev–Trinajstić information content (AvgIpc) is 3.71. The van der Waals surface area contributed by atoms with Crippen molar-refractivity contribution in [1.82, 2.24) is 9.88 Å². The molecule has 1 fully saturated rings. The fourth-order valence-corrected chi connectivity index (χ4v) is 6.53. The summed E-state index contributed by atoms with van der Waals surface area (Å²) in [6.07, 6.45) is 4.41. The highest BCUT2D eigenvalue weighted by molar-refractivity contribution is 5.95. The van der Waals surface area contributed by atoms with Crippen LogP contribution in [-0.2, 0) is 25.9 Å². The first-order valence-electron chi connectivity index (χ1n) is 15.3. The highest BCUT2D eigenvalue weighted by atomic mass is 16.7. The van der Waals surface area contributed by atoms with Crippen molar-refractivity contribution < 1.29 is 28.8 Å². The summed E-state index contributed by atoms with van der Waals surface area (Å²) in [5, 5.41) is 11.3. The predicted octanol–water partition coefficient (Wildman–Crippen LogP) is 5.27. The molecule has 3 heterocycles. The van der Waals surface area contributed by atoms with Crippen LogP contribution in [0.4, 0.5) is 5.82 Å². The summed E-state index contributed by atoms with van der Waals surface area (Å²) in [4.78, 5) is 23.7. The van der Waals surface area contributed by atoms with E-state index in [1.165, 1.54) is 11.1 Å². The van der Waals surface area contributed by atoms with Crippen molar-refractivity contribution in [3.8, 4) is 23.0 Å². The second kappa shape index (κ2) is 11.9. The van der Waals surface area contributed by atoms with Crippen LogP contribution in [0.1, 0.15) is 51.9 Å². The second-order valence-corrected chi connectivity index (χ2v) is 11.8. The summed E-state index contributed by atoms with van der Waals surface area (Å²) in [6.45, 7) is 2.28. The van der Waals surface area contributed by atoms with Gasteiger partial charge in [-0.3, -0.25) is 4.79 Å². The number of amides is 1. The van der Waals surface area contributed by atoms with Crippen molar-refractivity contribution in [2.75, 3.05) is 39.0 Å². The largest absolute Gasteiger partial charge is 0.497 e. The van der Waals surface area contributed by atoms with Crippen LogP contribution in [0, 0.1) is 0 Å². The Balaban J connectivity index is 1.31. The zero-order valence-corrected chi connectivity index (χ0v) is 25.2. The lowest BCUT2D eigenvalue weighted by Crippen LogP contribution is -2.38. The van der Waals surface area contributed by atoms with E-state index < -0.39 is 0 Å². The molecule has 4 aromatic rings. The minimum Gasteiger partial charge on any atom is -0.497 e. The second-order valence-electron chi connectivity index (χ2n) is 11.8. The maximum absolute atomic E-state index is 14.4. The molecule has 1 N–H and O–H groups in total. The molecule has 9 nitrogen and oxygen atoms in total. The van der Waals surface area contributed by atoms with E-state index in [0.717, 1.165) is 47.1 Å². The van der Waals surface area contributed by atoms with Gasteiger partial charge in [-0.15, -0.1) is 0 Å². The number of ether oxygens (including phenoxy) is 4. The molecule has 1 amide bonds. The molecule has 0 spiro atoms. The fraction of sp³-hybridized carbons (Fsp3) is 0.371. The van der Waals surface area contributed by atoms with Gasteiger partial charge in [0.05, 0.1) is 25.8 Å². The molecule has 0 atom stereocenters. The number of nitrogens with zero attached hydrogens (tertiary/aromatic N) is 3. The summed E-state index contributed by atoms with van der Waals surface area (Å²) < 4.78 is 22.1. The summed E-state index contributed by atoms with van der Waals surface area (Å²) in [5.74, 6) is 3.17. The van der Waals surface area contributed by atoms with E-state index in [1.54, 1.807) is 32.4 Å². The zero-order chi connectivity index (χ0) is 30.2. The first-order chi connectivity index (χ1) is 21.5. The van der Waals surface area contributed by atoms with Crippen LogP contribution >= 0.6 is 0 Å². The summed E-state index contributed by atoms with van der Waals surface area (Å²) >= 11 is 0. The quantitative estimate of drug-likeness (QED) is 0.295. The van der Waals surface area contributed by atoms with Crippen LogP contribution in [0.25, 0.3) is 10.9 Å². The molecule has 1 aliphatic carbocycles. The molecule has 44 heavy (non-hydrogen) atoms. The number of aromatic nitrogens is 1. The number of aliphatic hydroxyl groups is 1. The lowest BCUT2D eigenvalue weighted by molar-refractivity contribution is 0.0729. The number of fused-ring (bicyclic) bond motifs is 3. The molecule has 0 unspecified atom stereocenters. The Morgan fingerprint density at radius 2 is 1.66 bits per heavy atom. The third-order valence-electron chi connectivity index (χ3n) is 8.91. The Morgan fingerprint density at radius 3 is 2.41 bits per heavy atom. The van der Waals surface area contributed by atoms with Crippen LogP contribution < -0.4 is 23.8 Å². The van der Waals surface area contributed by atoms with Crippen molar-refractivity contribution in [3.63, 3.8) is 0 Å². The molecule has 9 heteroatoms. The van der Waals surface area contributed by atoms with Gasteiger partial charge in [0.15, 0.2) is 11.5 Å². The third kappa shape index (κ3) is 5.59. The van der Waals surface area contributed by atoms with Gasteiger partial charge < -0.3 is 33.9 Å². The zero-order valence-electron chi connectivity index (χ0n) is 25.2. The van der Waals surface area contributed by atoms with Crippen molar-refractivity contribution in [2.24, 2.45) is 0 Å². The number of aryl methyl sites for hydroxylation is 2. The number of pyridine rings is 1. The van der Waals surface area contributed by atoms with E-state index in [-0.39, 0.29) is 18.8 Å². The first-order valence-corrected chi connectivity index (χ1v) is 15.3. The number of piperidine rings is 1. The molecule has 2 aliphatic heterocycles. The van der Waals surface area contributed by atoms with Gasteiger partial charge in [-0.25, -0.2) is 4.98 Å². The molecule has 1 saturated heterocycles. The number of carbonyl (C=O) groups excluding carboxylic acids is 1. The lowest BCUT2D eigenvalue weighted by Gasteiger charge is -2.33. The maximum Gasteiger partial charge on any atom is 0.254 e. The van der Waals surface area contributed by atoms with Crippen molar-refractivity contribution in [2.45, 2.75) is 51.3 Å². The number of rotatable bonds is 8. The van der Waals surface area contributed by atoms with Gasteiger partial charge in [0.1, 0.15) is 17.3 Å². The van der Waals surface area contributed by atoms with Crippen molar-refractivity contribution in [3.05, 3.63) is 82.4 Å². The van der Waals surface area contributed by atoms with E-state index in [4.69, 9.17) is 23.9 Å². The normalized spacial score (nSPS) is 15.8. The Morgan fingerprint density at radius 1 is 0.932 bits per heavy atom. The van der Waals surface area contributed by atoms with Gasteiger partial charge in [0.2, 0.25) is 6.79 Å². The molecule has 0 saturated carbocycles. The van der Waals surface area contributed by atoms with Crippen molar-refractivity contribution >= 4 is 22.6 Å². The fourth-order valence-electron chi connectivity index (χ4n) is 6.53. The number of hydrogen-bond donors (Lipinski definition) is 1. The number of hydrogen-bond acceptors (Lipinski definition) is 8. The third-order valence-corrected chi connectivity index (χ3v) is 8.91. The number of aliphatic hydroxyl groups excluding tert-OH is 1. The minimum atomic E-state index is -0.300. The summed E-state index contributed by atoms with van der Waals surface area (Å²) in [6, 6.07) is 17.7. The molecule has 0 bridgehead atoms. The molecule has 0 radical (unpaired) electrons. The van der Waals surface area contributed by atoms with Gasteiger partial charge in [0.25, 0.3) is 5.91 Å². The summed E-state index contributed by atoms with van der Waals surface area (Å²) in [5.41, 5.74) is 6.10. The van der Waals surface area contributed by atoms with Gasteiger partial charge in [-0.05, 0) is 91.3 Å². The smallest absolute Gasteiger partial charge is 0.254 e. The Kier molecular flexibility index (Phi) is 7.64. The molecular weight excluding hydrogens is 558 g/mol. The Bertz CT molecular complexity index is 1690. The lowest BCUT2D eigenvalue weighted by atomic mass is 10.0. The van der Waals surface area contributed by atoms with Gasteiger partial charge in [0, 0.05) is 48.8 Å². The molecule has 1 aromatic heterocycles. The van der Waals surface area contributed by atoms with E-state index in [9.17, 15) is 9.90 Å². The van der Waals surface area contributed by atoms with E-state index in [0.29, 0.717) is 67.6 Å². The number of methoxy groups -OCH3 is 2. The topological polar surface area (TPSA) is 93.6 Å². The standard InChI is InChI=1S/C35H37N3O6/c1-41-29-15-26(16-30(18-29)42-2)35(40)38(19-22-6-7-32-33(12-22)44-21-43-32)20-27-14-25-13-23-4-3-5-24(23)17-31(25)36-34(27)37-10-8-28(39)9-11-37/h6-7,12-18,28,39H,3-5,8-11,19-21H2,1-2H3. The highest BCUT2D eigenvalue weighted by Crippen LogP contribution is 2.35. The van der Waals surface area contributed by atoms with Crippen LogP contribution in [-0.4, -0.2) is 61.1 Å². The van der Waals surface area contributed by atoms with Crippen molar-refractivity contribution in [1.29, 1.82) is 0 Å². The van der Waals surface area contributed by atoms with Gasteiger partial charge >= 0.3 is 0 Å². The Hall–Kier alpha value is -4.50. The van der Waals surface area contributed by atoms with E-state index in [2.05, 4.69) is 23.1 Å². The number of benzene rings is 3. The van der Waals surface area contributed by atoms with Crippen LogP contribution in [0.2, 0.25) is 0 Å². The number of carbonyl (C=O) groups is 1. The molecule has 3 aliphatic rings. The maximum atomic E-state index is 14.4. The molecule has 3 aromatic carbocycles. The summed E-state index contributed by atoms with van der Waals surface area (Å²) in [7, 11) is 3.15. The molecular formula is C35H37N3O6. The van der Waals surface area contributed by atoms with Gasteiger partial charge in [-0.2, -0.15) is 0 Å².